The molecule has 3 fully saturated rings. The highest BCUT2D eigenvalue weighted by molar-refractivity contribution is 5.95. The third-order valence-electron chi connectivity index (χ3n) is 9.00. The molecule has 7 nitrogen and oxygen atoms in total. The van der Waals surface area contributed by atoms with Gasteiger partial charge in [0.05, 0.1) is 23.5 Å². The highest BCUT2D eigenvalue weighted by Crippen LogP contribution is 2.54. The first-order chi connectivity index (χ1) is 20.2. The Hall–Kier alpha value is -4.04. The number of likely N-dealkylation sites (tertiary alicyclic amines) is 1. The molecule has 218 valence electrons. The number of hydrogen-bond donors (Lipinski definition) is 1. The van der Waals surface area contributed by atoms with Gasteiger partial charge in [0.25, 0.3) is 5.91 Å². The summed E-state index contributed by atoms with van der Waals surface area (Å²) in [6, 6.07) is 16.8. The van der Waals surface area contributed by atoms with Crippen molar-refractivity contribution in [3.8, 4) is 0 Å². The van der Waals surface area contributed by atoms with Gasteiger partial charge in [0, 0.05) is 57.8 Å². The number of carbonyl (C=O) groups excluding carboxylic acids is 2. The van der Waals surface area contributed by atoms with Gasteiger partial charge >= 0.3 is 0 Å². The zero-order valence-corrected chi connectivity index (χ0v) is 24.6. The zero-order chi connectivity index (χ0) is 29.4. The Bertz CT molecular complexity index is 1490. The number of aromatic nitrogens is 1. The molecule has 0 radical (unpaired) electrons. The maximum Gasteiger partial charge on any atom is 0.253 e. The molecule has 1 N–H and O–H groups in total. The molecule has 1 saturated carbocycles. The van der Waals surface area contributed by atoms with Crippen LogP contribution >= 0.6 is 0 Å². The number of carbonyl (C=O) groups is 2. The number of allylic oxidation sites excluding steroid dienone is 1. The molecule has 0 bridgehead atoms. The van der Waals surface area contributed by atoms with E-state index in [1.807, 2.05) is 30.0 Å². The summed E-state index contributed by atoms with van der Waals surface area (Å²) < 4.78 is 13.7. The number of halogens is 1. The first-order valence-electron chi connectivity index (χ1n) is 14.7. The standard InChI is InChI=1S/C34H38FN5O2/c1-23(37-33(42)28-16-31(20-36-19-28)40-14-12-39(13-15-40)24(2)41)25-4-6-26(7-5-25)32(27-8-10-30(35)11-9-27)29-17-34(18-29)21-38(3)22-34/h4-11,16,19-20,23H,12-15,17-18,21-22H2,1-3H3,(H,37,42)/t23-/m1/s1. The quantitative estimate of drug-likeness (QED) is 0.459. The molecule has 3 aromatic rings. The average molecular weight is 568 g/mol. The fraction of sp³-hybridized carbons (Fsp3) is 0.382. The molecule has 1 aromatic heterocycles. The lowest BCUT2D eigenvalue weighted by molar-refractivity contribution is -0.129. The van der Waals surface area contributed by atoms with E-state index in [-0.39, 0.29) is 23.7 Å². The highest BCUT2D eigenvalue weighted by Gasteiger charge is 2.49. The first-order valence-corrected chi connectivity index (χ1v) is 14.7. The molecule has 1 spiro atoms. The molecule has 0 unspecified atom stereocenters. The van der Waals surface area contributed by atoms with Gasteiger partial charge in [-0.1, -0.05) is 42.0 Å². The van der Waals surface area contributed by atoms with E-state index in [2.05, 4.69) is 51.4 Å². The van der Waals surface area contributed by atoms with Gasteiger partial charge < -0.3 is 20.0 Å². The van der Waals surface area contributed by atoms with E-state index >= 15 is 0 Å². The molecule has 2 aliphatic heterocycles. The molecule has 2 saturated heterocycles. The van der Waals surface area contributed by atoms with Crippen molar-refractivity contribution in [3.05, 3.63) is 101 Å². The molecule has 8 heteroatoms. The Kier molecular flexibility index (Phi) is 7.58. The predicted molar refractivity (Wildman–Crippen MR) is 163 cm³/mol. The van der Waals surface area contributed by atoms with Crippen LogP contribution in [-0.4, -0.2) is 72.9 Å². The summed E-state index contributed by atoms with van der Waals surface area (Å²) in [4.78, 5) is 35.5. The van der Waals surface area contributed by atoms with Crippen molar-refractivity contribution in [3.63, 3.8) is 0 Å². The predicted octanol–water partition coefficient (Wildman–Crippen LogP) is 4.91. The van der Waals surface area contributed by atoms with Crippen molar-refractivity contribution in [2.45, 2.75) is 32.7 Å². The van der Waals surface area contributed by atoms with E-state index in [0.29, 0.717) is 37.2 Å². The van der Waals surface area contributed by atoms with E-state index in [1.165, 1.54) is 23.3 Å². The third kappa shape index (κ3) is 5.68. The summed E-state index contributed by atoms with van der Waals surface area (Å²) >= 11 is 0. The molecular formula is C34H38FN5O2. The Morgan fingerprint density at radius 3 is 2.12 bits per heavy atom. The van der Waals surface area contributed by atoms with Crippen molar-refractivity contribution in [1.29, 1.82) is 0 Å². The van der Waals surface area contributed by atoms with Crippen molar-refractivity contribution in [2.75, 3.05) is 51.2 Å². The smallest absolute Gasteiger partial charge is 0.253 e. The molecule has 42 heavy (non-hydrogen) atoms. The summed E-state index contributed by atoms with van der Waals surface area (Å²) in [6.07, 6.45) is 5.52. The number of nitrogens with one attached hydrogen (secondary N) is 1. The van der Waals surface area contributed by atoms with E-state index in [4.69, 9.17) is 0 Å². The Morgan fingerprint density at radius 1 is 0.905 bits per heavy atom. The van der Waals surface area contributed by atoms with Crippen LogP contribution in [0, 0.1) is 11.2 Å². The number of amides is 2. The van der Waals surface area contributed by atoms with Crippen LogP contribution in [-0.2, 0) is 4.79 Å². The maximum atomic E-state index is 13.7. The van der Waals surface area contributed by atoms with Crippen molar-refractivity contribution < 1.29 is 14.0 Å². The van der Waals surface area contributed by atoms with Gasteiger partial charge in [-0.15, -0.1) is 0 Å². The number of piperazine rings is 1. The Labute approximate surface area is 247 Å². The third-order valence-corrected chi connectivity index (χ3v) is 9.00. The minimum atomic E-state index is -0.231. The van der Waals surface area contributed by atoms with Crippen LogP contribution in [0.4, 0.5) is 10.1 Å². The lowest BCUT2D eigenvalue weighted by atomic mass is 9.59. The van der Waals surface area contributed by atoms with E-state index < -0.39 is 0 Å². The molecule has 3 heterocycles. The van der Waals surface area contributed by atoms with Crippen molar-refractivity contribution in [1.82, 2.24) is 20.1 Å². The lowest BCUT2D eigenvalue weighted by Gasteiger charge is -2.56. The molecule has 2 amide bonds. The van der Waals surface area contributed by atoms with Gasteiger partial charge in [-0.3, -0.25) is 14.6 Å². The van der Waals surface area contributed by atoms with Crippen molar-refractivity contribution >= 4 is 23.1 Å². The normalized spacial score (nSPS) is 18.7. The molecule has 3 aliphatic rings. The number of rotatable bonds is 6. The van der Waals surface area contributed by atoms with Gasteiger partial charge in [-0.25, -0.2) is 4.39 Å². The Morgan fingerprint density at radius 2 is 1.52 bits per heavy atom. The van der Waals surface area contributed by atoms with Gasteiger partial charge in [0.2, 0.25) is 5.91 Å². The van der Waals surface area contributed by atoms with Crippen LogP contribution in [0.3, 0.4) is 0 Å². The summed E-state index contributed by atoms with van der Waals surface area (Å²) in [5.74, 6) is -0.322. The molecule has 1 aliphatic carbocycles. The molecular weight excluding hydrogens is 529 g/mol. The van der Waals surface area contributed by atoms with Crippen LogP contribution in [0.5, 0.6) is 0 Å². The summed E-state index contributed by atoms with van der Waals surface area (Å²) in [7, 11) is 2.17. The van der Waals surface area contributed by atoms with E-state index in [1.54, 1.807) is 19.3 Å². The number of benzene rings is 2. The van der Waals surface area contributed by atoms with E-state index in [9.17, 15) is 14.0 Å². The lowest BCUT2D eigenvalue weighted by Crippen LogP contribution is -2.58. The second-order valence-corrected chi connectivity index (χ2v) is 12.3. The topological polar surface area (TPSA) is 68.8 Å². The van der Waals surface area contributed by atoms with Crippen LogP contribution < -0.4 is 10.2 Å². The molecule has 1 atom stereocenters. The minimum absolute atomic E-state index is 0.0874. The minimum Gasteiger partial charge on any atom is -0.367 e. The maximum absolute atomic E-state index is 13.7. The second-order valence-electron chi connectivity index (χ2n) is 12.3. The van der Waals surface area contributed by atoms with Crippen LogP contribution in [0.15, 0.2) is 72.6 Å². The number of nitrogens with zero attached hydrogens (tertiary/aromatic N) is 4. The largest absolute Gasteiger partial charge is 0.367 e. The fourth-order valence-electron chi connectivity index (χ4n) is 6.85. The second kappa shape index (κ2) is 11.3. The number of hydrogen-bond acceptors (Lipinski definition) is 5. The summed E-state index contributed by atoms with van der Waals surface area (Å²) in [5, 5.41) is 3.12. The van der Waals surface area contributed by atoms with E-state index in [0.717, 1.165) is 48.3 Å². The average Bonchev–Trinajstić information content (AvgIpc) is 2.96. The van der Waals surface area contributed by atoms with Crippen molar-refractivity contribution in [2.24, 2.45) is 5.41 Å². The summed E-state index contributed by atoms with van der Waals surface area (Å²) in [6.45, 7) is 8.60. The van der Waals surface area contributed by atoms with Crippen LogP contribution in [0.2, 0.25) is 0 Å². The number of pyridine rings is 1. The van der Waals surface area contributed by atoms with Crippen LogP contribution in [0.25, 0.3) is 5.57 Å². The summed E-state index contributed by atoms with van der Waals surface area (Å²) in [5.41, 5.74) is 7.59. The highest BCUT2D eigenvalue weighted by atomic mass is 19.1. The number of anilines is 1. The molecule has 6 rings (SSSR count). The van der Waals surface area contributed by atoms with Gasteiger partial charge in [0.1, 0.15) is 5.82 Å². The Balaban J connectivity index is 1.14. The molecule has 2 aromatic carbocycles. The zero-order valence-electron chi connectivity index (χ0n) is 24.6. The fourth-order valence-corrected chi connectivity index (χ4v) is 6.85. The SMILES string of the molecule is CC(=O)N1CCN(c2cncc(C(=O)N[C@H](C)c3ccc(C(=C4CC5(C4)CN(C)C5)c4ccc(F)cc4)cc3)c2)CC1. The van der Waals surface area contributed by atoms with Gasteiger partial charge in [-0.05, 0) is 67.3 Å². The first kappa shape index (κ1) is 28.1. The van der Waals surface area contributed by atoms with Crippen LogP contribution in [0.1, 0.15) is 59.8 Å². The van der Waals surface area contributed by atoms with Gasteiger partial charge in [-0.2, -0.15) is 0 Å². The monoisotopic (exact) mass is 567 g/mol. The van der Waals surface area contributed by atoms with Gasteiger partial charge in [0.15, 0.2) is 0 Å².